The zero-order valence-electron chi connectivity index (χ0n) is 10.1. The largest absolute Gasteiger partial charge is 0.462 e. The molecule has 2 aromatic heterocycles. The highest BCUT2D eigenvalue weighted by Crippen LogP contribution is 2.04. The van der Waals surface area contributed by atoms with Crippen molar-refractivity contribution in [2.24, 2.45) is 0 Å². The molecular weight excluding hydrogens is 238 g/mol. The SMILES string of the molecule is CCCOC(=O)c1c(=O)[nH]n2c(=O)cc(C)[nH]c12. The number of aromatic nitrogens is 3. The molecule has 0 fully saturated rings. The lowest BCUT2D eigenvalue weighted by Gasteiger charge is -2.01. The van der Waals surface area contributed by atoms with Crippen molar-refractivity contribution in [3.8, 4) is 0 Å². The second-order valence-electron chi connectivity index (χ2n) is 3.93. The molecule has 0 saturated heterocycles. The van der Waals surface area contributed by atoms with Crippen molar-refractivity contribution in [1.82, 2.24) is 14.6 Å². The average molecular weight is 251 g/mol. The average Bonchev–Trinajstić information content (AvgIpc) is 2.63. The molecule has 0 aliphatic carbocycles. The molecular formula is C11H13N3O4. The molecule has 0 unspecified atom stereocenters. The predicted molar refractivity (Wildman–Crippen MR) is 63.9 cm³/mol. The topological polar surface area (TPSA) is 96.4 Å². The molecule has 0 amide bonds. The van der Waals surface area contributed by atoms with Gasteiger partial charge in [-0.05, 0) is 13.3 Å². The number of hydrogen-bond acceptors (Lipinski definition) is 4. The second kappa shape index (κ2) is 4.52. The number of H-pyrrole nitrogens is 2. The molecule has 0 spiro atoms. The highest BCUT2D eigenvalue weighted by atomic mass is 16.5. The fourth-order valence-corrected chi connectivity index (χ4v) is 1.65. The van der Waals surface area contributed by atoms with E-state index in [0.29, 0.717) is 12.1 Å². The third kappa shape index (κ3) is 1.94. The monoisotopic (exact) mass is 251 g/mol. The minimum Gasteiger partial charge on any atom is -0.462 e. The van der Waals surface area contributed by atoms with Crippen molar-refractivity contribution >= 4 is 11.6 Å². The molecule has 96 valence electrons. The van der Waals surface area contributed by atoms with Gasteiger partial charge in [-0.25, -0.2) is 4.79 Å². The summed E-state index contributed by atoms with van der Waals surface area (Å²) in [6.45, 7) is 3.74. The molecule has 0 saturated carbocycles. The summed E-state index contributed by atoms with van der Waals surface area (Å²) < 4.78 is 5.91. The smallest absolute Gasteiger partial charge is 0.347 e. The van der Waals surface area contributed by atoms with Crippen molar-refractivity contribution < 1.29 is 9.53 Å². The third-order valence-electron chi connectivity index (χ3n) is 2.42. The first kappa shape index (κ1) is 12.2. The lowest BCUT2D eigenvalue weighted by molar-refractivity contribution is 0.0505. The van der Waals surface area contributed by atoms with Gasteiger partial charge in [0.1, 0.15) is 0 Å². The van der Waals surface area contributed by atoms with E-state index in [2.05, 4.69) is 10.1 Å². The second-order valence-corrected chi connectivity index (χ2v) is 3.93. The van der Waals surface area contributed by atoms with Crippen LogP contribution in [0.15, 0.2) is 15.7 Å². The number of carbonyl (C=O) groups is 1. The molecule has 2 N–H and O–H groups in total. The summed E-state index contributed by atoms with van der Waals surface area (Å²) in [5.74, 6) is -0.734. The summed E-state index contributed by atoms with van der Waals surface area (Å²) in [4.78, 5) is 37.8. The quantitative estimate of drug-likeness (QED) is 0.761. The van der Waals surface area contributed by atoms with Gasteiger partial charge in [0.25, 0.3) is 11.1 Å². The first-order valence-corrected chi connectivity index (χ1v) is 5.56. The molecule has 7 nitrogen and oxygen atoms in total. The highest BCUT2D eigenvalue weighted by molar-refractivity contribution is 5.95. The van der Waals surface area contributed by atoms with E-state index in [1.54, 1.807) is 6.92 Å². The normalized spacial score (nSPS) is 10.8. The maximum absolute atomic E-state index is 11.7. The van der Waals surface area contributed by atoms with E-state index in [1.807, 2.05) is 6.92 Å². The number of fused-ring (bicyclic) bond motifs is 1. The summed E-state index contributed by atoms with van der Waals surface area (Å²) in [5.41, 5.74) is -0.540. The van der Waals surface area contributed by atoms with Gasteiger partial charge in [0.05, 0.1) is 6.61 Å². The van der Waals surface area contributed by atoms with E-state index >= 15 is 0 Å². The molecule has 0 bridgehead atoms. The number of aromatic amines is 2. The number of nitrogens with zero attached hydrogens (tertiary/aromatic N) is 1. The van der Waals surface area contributed by atoms with Gasteiger partial charge >= 0.3 is 5.97 Å². The summed E-state index contributed by atoms with van der Waals surface area (Å²) in [6.07, 6.45) is 0.658. The Morgan fingerprint density at radius 1 is 1.44 bits per heavy atom. The van der Waals surface area contributed by atoms with Crippen LogP contribution in [0, 0.1) is 6.92 Å². The first-order chi connectivity index (χ1) is 8.54. The minimum absolute atomic E-state index is 0.131. The lowest BCUT2D eigenvalue weighted by atomic mass is 10.3. The van der Waals surface area contributed by atoms with Crippen LogP contribution in [0.25, 0.3) is 5.65 Å². The van der Waals surface area contributed by atoms with Crippen LogP contribution in [-0.2, 0) is 4.74 Å². The Balaban J connectivity index is 2.64. The standard InChI is InChI=1S/C11H13N3O4/c1-3-4-18-11(17)8-9-12-6(2)5-7(15)14(9)13-10(8)16/h5,12H,3-4H2,1-2H3,(H,13,16). The lowest BCUT2D eigenvalue weighted by Crippen LogP contribution is -2.16. The van der Waals surface area contributed by atoms with Crippen LogP contribution in [0.5, 0.6) is 0 Å². The van der Waals surface area contributed by atoms with Crippen molar-refractivity contribution in [2.45, 2.75) is 20.3 Å². The maximum Gasteiger partial charge on any atom is 0.347 e. The Morgan fingerprint density at radius 3 is 2.83 bits per heavy atom. The van der Waals surface area contributed by atoms with Crippen LogP contribution in [0.2, 0.25) is 0 Å². The number of carbonyl (C=O) groups excluding carboxylic acids is 1. The fraction of sp³-hybridized carbons (Fsp3) is 0.364. The number of aryl methyl sites for hydroxylation is 1. The first-order valence-electron chi connectivity index (χ1n) is 5.56. The number of ether oxygens (including phenoxy) is 1. The highest BCUT2D eigenvalue weighted by Gasteiger charge is 2.20. The Hall–Kier alpha value is -2.31. The molecule has 0 aliphatic heterocycles. The van der Waals surface area contributed by atoms with E-state index in [9.17, 15) is 14.4 Å². The van der Waals surface area contributed by atoms with Gasteiger partial charge in [-0.1, -0.05) is 6.92 Å². The summed E-state index contributed by atoms with van der Waals surface area (Å²) >= 11 is 0. The van der Waals surface area contributed by atoms with Crippen LogP contribution in [0.4, 0.5) is 0 Å². The fourth-order valence-electron chi connectivity index (χ4n) is 1.65. The van der Waals surface area contributed by atoms with E-state index in [0.717, 1.165) is 4.52 Å². The molecule has 2 aromatic rings. The van der Waals surface area contributed by atoms with E-state index in [-0.39, 0.29) is 17.8 Å². The number of rotatable bonds is 3. The molecule has 0 aliphatic rings. The summed E-state index contributed by atoms with van der Waals surface area (Å²) in [5, 5.41) is 2.30. The molecule has 18 heavy (non-hydrogen) atoms. The molecule has 0 atom stereocenters. The van der Waals surface area contributed by atoms with Crippen LogP contribution in [0.3, 0.4) is 0 Å². The van der Waals surface area contributed by atoms with Gasteiger partial charge in [0, 0.05) is 11.8 Å². The number of nitrogens with one attached hydrogen (secondary N) is 2. The maximum atomic E-state index is 11.7. The van der Waals surface area contributed by atoms with Gasteiger partial charge in [-0.3, -0.25) is 14.7 Å². The van der Waals surface area contributed by atoms with Crippen molar-refractivity contribution in [3.05, 3.63) is 38.0 Å². The van der Waals surface area contributed by atoms with E-state index in [1.165, 1.54) is 6.07 Å². The third-order valence-corrected chi connectivity index (χ3v) is 2.42. The van der Waals surface area contributed by atoms with Crippen LogP contribution in [-0.4, -0.2) is 27.2 Å². The summed E-state index contributed by atoms with van der Waals surface area (Å²) in [7, 11) is 0. The molecule has 2 heterocycles. The Bertz CT molecular complexity index is 707. The Kier molecular flexibility index (Phi) is 3.05. The van der Waals surface area contributed by atoms with Crippen molar-refractivity contribution in [1.29, 1.82) is 0 Å². The van der Waals surface area contributed by atoms with Gasteiger partial charge in [-0.15, -0.1) is 0 Å². The molecule has 7 heteroatoms. The van der Waals surface area contributed by atoms with Crippen molar-refractivity contribution in [2.75, 3.05) is 6.61 Å². The Morgan fingerprint density at radius 2 is 2.17 bits per heavy atom. The summed E-state index contributed by atoms with van der Waals surface area (Å²) in [6, 6.07) is 1.32. The van der Waals surface area contributed by atoms with E-state index in [4.69, 9.17) is 4.74 Å². The zero-order valence-corrected chi connectivity index (χ0v) is 10.1. The Labute approximate surface area is 101 Å². The van der Waals surface area contributed by atoms with Crippen molar-refractivity contribution in [3.63, 3.8) is 0 Å². The molecule has 0 radical (unpaired) electrons. The van der Waals surface area contributed by atoms with Gasteiger partial charge in [0.15, 0.2) is 11.2 Å². The van der Waals surface area contributed by atoms with Gasteiger partial charge in [0.2, 0.25) is 0 Å². The van der Waals surface area contributed by atoms with Crippen LogP contribution < -0.4 is 11.1 Å². The molecule has 0 aromatic carbocycles. The number of hydrogen-bond donors (Lipinski definition) is 2. The van der Waals surface area contributed by atoms with Crippen LogP contribution >= 0.6 is 0 Å². The number of esters is 1. The van der Waals surface area contributed by atoms with Gasteiger partial charge < -0.3 is 9.72 Å². The minimum atomic E-state index is -0.734. The molecule has 2 rings (SSSR count). The zero-order chi connectivity index (χ0) is 13.3. The predicted octanol–water partition coefficient (Wildman–Crippen LogP) is 0.191. The van der Waals surface area contributed by atoms with E-state index < -0.39 is 17.1 Å². The van der Waals surface area contributed by atoms with Gasteiger partial charge in [-0.2, -0.15) is 4.52 Å². The van der Waals surface area contributed by atoms with Crippen LogP contribution in [0.1, 0.15) is 29.4 Å².